The third kappa shape index (κ3) is 3.43. The normalized spacial score (nSPS) is 10.2. The molecule has 20 heavy (non-hydrogen) atoms. The first kappa shape index (κ1) is 14.7. The van der Waals surface area contributed by atoms with Crippen LogP contribution >= 0.6 is 23.8 Å². The van der Waals surface area contributed by atoms with Crippen LogP contribution in [0.4, 0.5) is 20.2 Å². The van der Waals surface area contributed by atoms with E-state index < -0.39 is 11.6 Å². The number of benzene rings is 2. The van der Waals surface area contributed by atoms with Gasteiger partial charge in [-0.3, -0.25) is 0 Å². The zero-order chi connectivity index (χ0) is 14.7. The molecule has 2 rings (SSSR count). The Hall–Kier alpha value is -1.72. The first-order chi connectivity index (χ1) is 9.47. The summed E-state index contributed by atoms with van der Waals surface area (Å²) < 4.78 is 25.9. The lowest BCUT2D eigenvalue weighted by molar-refractivity contribution is 0.509. The molecule has 0 spiro atoms. The van der Waals surface area contributed by atoms with E-state index in [0.717, 1.165) is 23.4 Å². The van der Waals surface area contributed by atoms with Crippen molar-refractivity contribution in [2.24, 2.45) is 0 Å². The molecule has 0 heterocycles. The number of thiocarbonyl (C=S) groups is 1. The minimum atomic E-state index is -0.934. The summed E-state index contributed by atoms with van der Waals surface area (Å²) in [5, 5.41) is 6.61. The van der Waals surface area contributed by atoms with Crippen LogP contribution < -0.4 is 10.6 Å². The molecule has 0 amide bonds. The first-order valence-electron chi connectivity index (χ1n) is 5.75. The molecule has 0 aromatic heterocycles. The second kappa shape index (κ2) is 6.15. The van der Waals surface area contributed by atoms with Crippen LogP contribution in [0.25, 0.3) is 0 Å². The van der Waals surface area contributed by atoms with E-state index in [1.165, 1.54) is 6.07 Å². The fourth-order valence-corrected chi connectivity index (χ4v) is 2.00. The van der Waals surface area contributed by atoms with E-state index in [9.17, 15) is 8.78 Å². The molecule has 0 saturated heterocycles. The van der Waals surface area contributed by atoms with Gasteiger partial charge >= 0.3 is 0 Å². The minimum Gasteiger partial charge on any atom is -0.332 e. The van der Waals surface area contributed by atoms with Gasteiger partial charge in [0.1, 0.15) is 0 Å². The summed E-state index contributed by atoms with van der Waals surface area (Å²) in [6.45, 7) is 1.85. The maximum absolute atomic E-state index is 13.1. The highest BCUT2D eigenvalue weighted by Crippen LogP contribution is 2.23. The smallest absolute Gasteiger partial charge is 0.175 e. The molecule has 104 valence electrons. The number of hydrogen-bond donors (Lipinski definition) is 2. The predicted octanol–water partition coefficient (Wildman–Crippen LogP) is 4.74. The summed E-state index contributed by atoms with van der Waals surface area (Å²) >= 11 is 11.1. The van der Waals surface area contributed by atoms with Crippen LogP contribution in [0.5, 0.6) is 0 Å². The Morgan fingerprint density at radius 2 is 1.85 bits per heavy atom. The Morgan fingerprint density at radius 1 is 1.10 bits per heavy atom. The van der Waals surface area contributed by atoms with Crippen molar-refractivity contribution in [3.63, 3.8) is 0 Å². The molecule has 0 aliphatic heterocycles. The summed E-state index contributed by atoms with van der Waals surface area (Å²) in [5.74, 6) is -1.84. The van der Waals surface area contributed by atoms with Crippen LogP contribution in [0.2, 0.25) is 5.02 Å². The van der Waals surface area contributed by atoms with Gasteiger partial charge in [0.2, 0.25) is 0 Å². The topological polar surface area (TPSA) is 24.1 Å². The van der Waals surface area contributed by atoms with Gasteiger partial charge in [0, 0.05) is 22.5 Å². The SMILES string of the molecule is Cc1c(Cl)cccc1NC(=S)Nc1ccc(F)c(F)c1. The molecule has 2 aromatic carbocycles. The molecule has 0 unspecified atom stereocenters. The molecule has 0 bridgehead atoms. The van der Waals surface area contributed by atoms with Gasteiger partial charge in [-0.05, 0) is 49.0 Å². The Labute approximate surface area is 125 Å². The molecule has 6 heteroatoms. The summed E-state index contributed by atoms with van der Waals surface area (Å²) in [4.78, 5) is 0. The van der Waals surface area contributed by atoms with Crippen LogP contribution in [0.1, 0.15) is 5.56 Å². The Morgan fingerprint density at radius 3 is 2.55 bits per heavy atom. The zero-order valence-electron chi connectivity index (χ0n) is 10.5. The molecule has 2 nitrogen and oxygen atoms in total. The molecule has 0 aliphatic rings. The average molecular weight is 313 g/mol. The minimum absolute atomic E-state index is 0.265. The second-order valence-corrected chi connectivity index (χ2v) is 4.94. The van der Waals surface area contributed by atoms with Gasteiger partial charge in [0.15, 0.2) is 16.7 Å². The zero-order valence-corrected chi connectivity index (χ0v) is 12.1. The lowest BCUT2D eigenvalue weighted by atomic mass is 10.2. The summed E-state index contributed by atoms with van der Waals surface area (Å²) in [7, 11) is 0. The Balaban J connectivity index is 2.09. The van der Waals surface area contributed by atoms with E-state index in [2.05, 4.69) is 10.6 Å². The van der Waals surface area contributed by atoms with Crippen LogP contribution in [-0.2, 0) is 0 Å². The molecule has 0 saturated carbocycles. The van der Waals surface area contributed by atoms with Gasteiger partial charge in [0.25, 0.3) is 0 Å². The number of anilines is 2. The second-order valence-electron chi connectivity index (χ2n) is 4.12. The van der Waals surface area contributed by atoms with E-state index in [4.69, 9.17) is 23.8 Å². The summed E-state index contributed by atoms with van der Waals surface area (Å²) in [6.07, 6.45) is 0. The van der Waals surface area contributed by atoms with Gasteiger partial charge in [-0.2, -0.15) is 0 Å². The van der Waals surface area contributed by atoms with Crippen LogP contribution in [0.15, 0.2) is 36.4 Å². The predicted molar refractivity (Wildman–Crippen MR) is 82.4 cm³/mol. The van der Waals surface area contributed by atoms with Gasteiger partial charge in [-0.1, -0.05) is 17.7 Å². The standard InChI is InChI=1S/C14H11ClF2N2S/c1-8-10(15)3-2-4-13(8)19-14(20)18-9-5-6-11(16)12(17)7-9/h2-7H,1H3,(H2,18,19,20). The van der Waals surface area contributed by atoms with E-state index in [1.54, 1.807) is 12.1 Å². The quantitative estimate of drug-likeness (QED) is 0.784. The van der Waals surface area contributed by atoms with Gasteiger partial charge in [0.05, 0.1) is 0 Å². The van der Waals surface area contributed by atoms with E-state index >= 15 is 0 Å². The van der Waals surface area contributed by atoms with Crippen LogP contribution in [-0.4, -0.2) is 5.11 Å². The number of halogens is 3. The van der Waals surface area contributed by atoms with Crippen molar-refractivity contribution in [2.75, 3.05) is 10.6 Å². The highest BCUT2D eigenvalue weighted by atomic mass is 35.5. The number of hydrogen-bond acceptors (Lipinski definition) is 1. The molecule has 2 N–H and O–H groups in total. The monoisotopic (exact) mass is 312 g/mol. The lowest BCUT2D eigenvalue weighted by Gasteiger charge is -2.13. The molecule has 0 fully saturated rings. The maximum Gasteiger partial charge on any atom is 0.175 e. The molecule has 2 aromatic rings. The number of nitrogens with one attached hydrogen (secondary N) is 2. The molecule has 0 radical (unpaired) electrons. The largest absolute Gasteiger partial charge is 0.332 e. The van der Waals surface area contributed by atoms with Crippen molar-refractivity contribution in [1.82, 2.24) is 0 Å². The fourth-order valence-electron chi connectivity index (χ4n) is 1.60. The van der Waals surface area contributed by atoms with Crippen molar-refractivity contribution in [1.29, 1.82) is 0 Å². The fraction of sp³-hybridized carbons (Fsp3) is 0.0714. The van der Waals surface area contributed by atoms with Crippen molar-refractivity contribution in [3.8, 4) is 0 Å². The molecular weight excluding hydrogens is 302 g/mol. The highest BCUT2D eigenvalue weighted by Gasteiger charge is 2.06. The van der Waals surface area contributed by atoms with Crippen molar-refractivity contribution < 1.29 is 8.78 Å². The average Bonchev–Trinajstić information content (AvgIpc) is 2.39. The van der Waals surface area contributed by atoms with Crippen molar-refractivity contribution >= 4 is 40.3 Å². The van der Waals surface area contributed by atoms with E-state index in [-0.39, 0.29) is 5.11 Å². The van der Waals surface area contributed by atoms with E-state index in [1.807, 2.05) is 13.0 Å². The number of rotatable bonds is 2. The molecule has 0 aliphatic carbocycles. The maximum atomic E-state index is 13.1. The molecular formula is C14H11ClF2N2S. The van der Waals surface area contributed by atoms with E-state index in [0.29, 0.717) is 10.7 Å². The lowest BCUT2D eigenvalue weighted by Crippen LogP contribution is -2.19. The highest BCUT2D eigenvalue weighted by molar-refractivity contribution is 7.80. The molecule has 0 atom stereocenters. The van der Waals surface area contributed by atoms with Gasteiger partial charge < -0.3 is 10.6 Å². The third-order valence-corrected chi connectivity index (χ3v) is 3.31. The van der Waals surface area contributed by atoms with Crippen molar-refractivity contribution in [2.45, 2.75) is 6.92 Å². The Bertz CT molecular complexity index is 662. The third-order valence-electron chi connectivity index (χ3n) is 2.69. The first-order valence-corrected chi connectivity index (χ1v) is 6.54. The summed E-state index contributed by atoms with van der Waals surface area (Å²) in [6, 6.07) is 8.85. The van der Waals surface area contributed by atoms with Gasteiger partial charge in [-0.25, -0.2) is 8.78 Å². The van der Waals surface area contributed by atoms with Gasteiger partial charge in [-0.15, -0.1) is 0 Å². The van der Waals surface area contributed by atoms with Crippen molar-refractivity contribution in [3.05, 3.63) is 58.6 Å². The van der Waals surface area contributed by atoms with Crippen LogP contribution in [0.3, 0.4) is 0 Å². The van der Waals surface area contributed by atoms with Crippen LogP contribution in [0, 0.1) is 18.6 Å². The Kier molecular flexibility index (Phi) is 4.52. The summed E-state index contributed by atoms with van der Waals surface area (Å²) in [5.41, 5.74) is 1.96.